The largest absolute Gasteiger partial charge is 0.407 e. The molecule has 0 aromatic heterocycles. The fourth-order valence-corrected chi connectivity index (χ4v) is 4.89. The maximum Gasteiger partial charge on any atom is 0.407 e. The minimum atomic E-state index is -4.72. The number of sulfone groups is 1. The Balaban J connectivity index is 1.84. The first-order valence-corrected chi connectivity index (χ1v) is 14.5. The van der Waals surface area contributed by atoms with Gasteiger partial charge in [-0.25, -0.2) is 8.42 Å². The molecule has 0 bridgehead atoms. The average Bonchev–Trinajstić information content (AvgIpc) is 2.87. The smallest absolute Gasteiger partial charge is 0.339 e. The van der Waals surface area contributed by atoms with Crippen molar-refractivity contribution >= 4 is 15.7 Å². The molecule has 0 saturated carbocycles. The average molecular weight is 572 g/mol. The minimum absolute atomic E-state index is 0.0906. The van der Waals surface area contributed by atoms with Crippen LogP contribution in [0.2, 0.25) is 0 Å². The Hall–Kier alpha value is -3.68. The summed E-state index contributed by atoms with van der Waals surface area (Å²) in [5, 5.41) is 14.7. The van der Waals surface area contributed by atoms with Gasteiger partial charge in [-0.05, 0) is 39.8 Å². The van der Waals surface area contributed by atoms with E-state index in [4.69, 9.17) is 0 Å². The van der Waals surface area contributed by atoms with E-state index in [0.29, 0.717) is 11.1 Å². The molecule has 1 amide bonds. The standard InChI is InChI=1S/C30H32F3N3O3S/c1-29(2,3)27(28(37)35-24(19-34)18-20-8-6-5-7-9-20)36-26(30(31,32)33)23-12-10-21(11-13-23)22-14-16-25(17-15-22)40(4,38)39/h5-17,24,26-27,36H,18H2,1-4H3,(H,35,37)/t24-,26-,27+/m0/s1. The summed E-state index contributed by atoms with van der Waals surface area (Å²) in [6.45, 7) is 4.96. The molecule has 0 saturated heterocycles. The second-order valence-corrected chi connectivity index (χ2v) is 12.8. The molecule has 40 heavy (non-hydrogen) atoms. The molecule has 6 nitrogen and oxygen atoms in total. The number of alkyl halides is 3. The second kappa shape index (κ2) is 12.2. The summed E-state index contributed by atoms with van der Waals surface area (Å²) in [5.41, 5.74) is 1.05. The van der Waals surface area contributed by atoms with E-state index < -0.39 is 45.5 Å². The van der Waals surface area contributed by atoms with Gasteiger partial charge in [-0.1, -0.05) is 87.5 Å². The summed E-state index contributed by atoms with van der Waals surface area (Å²) >= 11 is 0. The van der Waals surface area contributed by atoms with Gasteiger partial charge in [-0.15, -0.1) is 0 Å². The number of nitrogens with one attached hydrogen (secondary N) is 2. The van der Waals surface area contributed by atoms with Crippen LogP contribution < -0.4 is 10.6 Å². The molecule has 0 heterocycles. The summed E-state index contributed by atoms with van der Waals surface area (Å²) < 4.78 is 66.3. The van der Waals surface area contributed by atoms with Crippen LogP contribution in [0, 0.1) is 16.7 Å². The van der Waals surface area contributed by atoms with Crippen molar-refractivity contribution in [1.29, 1.82) is 5.26 Å². The molecule has 3 rings (SSSR count). The van der Waals surface area contributed by atoms with Crippen LogP contribution in [0.25, 0.3) is 11.1 Å². The van der Waals surface area contributed by atoms with Crippen molar-refractivity contribution < 1.29 is 26.4 Å². The molecular weight excluding hydrogens is 539 g/mol. The quantitative estimate of drug-likeness (QED) is 0.348. The van der Waals surface area contributed by atoms with Crippen LogP contribution in [0.15, 0.2) is 83.8 Å². The van der Waals surface area contributed by atoms with E-state index >= 15 is 0 Å². The zero-order chi connectivity index (χ0) is 29.7. The highest BCUT2D eigenvalue weighted by atomic mass is 32.2. The topological polar surface area (TPSA) is 99.1 Å². The summed E-state index contributed by atoms with van der Waals surface area (Å²) in [6, 6.07) is 18.5. The molecule has 0 unspecified atom stereocenters. The fraction of sp³-hybridized carbons (Fsp3) is 0.333. The zero-order valence-electron chi connectivity index (χ0n) is 22.7. The van der Waals surface area contributed by atoms with Gasteiger partial charge in [-0.2, -0.15) is 18.4 Å². The molecule has 0 aliphatic rings. The van der Waals surface area contributed by atoms with Crippen LogP contribution in [0.4, 0.5) is 13.2 Å². The molecule has 0 fully saturated rings. The van der Waals surface area contributed by atoms with Gasteiger partial charge in [0.2, 0.25) is 5.91 Å². The van der Waals surface area contributed by atoms with Gasteiger partial charge in [0.1, 0.15) is 12.1 Å². The van der Waals surface area contributed by atoms with Crippen molar-refractivity contribution in [3.05, 3.63) is 90.0 Å². The number of nitriles is 1. The van der Waals surface area contributed by atoms with Crippen molar-refractivity contribution in [2.45, 2.75) is 56.4 Å². The molecule has 10 heteroatoms. The molecule has 3 atom stereocenters. The van der Waals surface area contributed by atoms with Crippen LogP contribution in [0.5, 0.6) is 0 Å². The highest BCUT2D eigenvalue weighted by Gasteiger charge is 2.45. The highest BCUT2D eigenvalue weighted by molar-refractivity contribution is 7.90. The molecule has 212 valence electrons. The van der Waals surface area contributed by atoms with Gasteiger partial charge in [0.05, 0.1) is 17.0 Å². The fourth-order valence-electron chi connectivity index (χ4n) is 4.26. The summed E-state index contributed by atoms with van der Waals surface area (Å²) in [5.74, 6) is -0.702. The van der Waals surface area contributed by atoms with Crippen molar-refractivity contribution in [3.63, 3.8) is 0 Å². The van der Waals surface area contributed by atoms with Crippen LogP contribution in [0.3, 0.4) is 0 Å². The lowest BCUT2D eigenvalue weighted by Crippen LogP contribution is -2.56. The maximum atomic E-state index is 14.3. The van der Waals surface area contributed by atoms with E-state index in [-0.39, 0.29) is 16.9 Å². The Bertz CT molecular complexity index is 1440. The molecule has 0 aliphatic carbocycles. The Kier molecular flexibility index (Phi) is 9.44. The lowest BCUT2D eigenvalue weighted by molar-refractivity contribution is -0.163. The number of halogens is 3. The third kappa shape index (κ3) is 8.16. The van der Waals surface area contributed by atoms with E-state index in [1.54, 1.807) is 57.2 Å². The first kappa shape index (κ1) is 30.9. The molecule has 0 radical (unpaired) electrons. The molecular formula is C30H32F3N3O3S. The summed E-state index contributed by atoms with van der Waals surface area (Å²) in [7, 11) is -3.38. The molecule has 3 aromatic rings. The van der Waals surface area contributed by atoms with Gasteiger partial charge < -0.3 is 5.32 Å². The summed E-state index contributed by atoms with van der Waals surface area (Å²) in [4.78, 5) is 13.4. The molecule has 2 N–H and O–H groups in total. The molecule has 3 aromatic carbocycles. The first-order valence-electron chi connectivity index (χ1n) is 12.6. The van der Waals surface area contributed by atoms with Crippen LogP contribution in [-0.4, -0.2) is 38.8 Å². The third-order valence-corrected chi connectivity index (χ3v) is 7.53. The highest BCUT2D eigenvalue weighted by Crippen LogP contribution is 2.36. The SMILES string of the molecule is CC(C)(C)[C@H](N[C@@H](c1ccc(-c2ccc(S(C)(=O)=O)cc2)cc1)C(F)(F)F)C(=O)N[C@H](C#N)Cc1ccccc1. The normalized spacial score (nSPS) is 14.6. The van der Waals surface area contributed by atoms with Gasteiger partial charge in [-0.3, -0.25) is 10.1 Å². The lowest BCUT2D eigenvalue weighted by atomic mass is 9.84. The summed E-state index contributed by atoms with van der Waals surface area (Å²) in [6.07, 6.45) is -3.41. The number of hydrogen-bond donors (Lipinski definition) is 2. The molecule has 0 aliphatic heterocycles. The number of carbonyl (C=O) groups excluding carboxylic acids is 1. The van der Waals surface area contributed by atoms with E-state index in [2.05, 4.69) is 10.6 Å². The van der Waals surface area contributed by atoms with Gasteiger partial charge >= 0.3 is 6.18 Å². The second-order valence-electron chi connectivity index (χ2n) is 10.7. The van der Waals surface area contributed by atoms with Crippen LogP contribution in [-0.2, 0) is 21.1 Å². The monoisotopic (exact) mass is 571 g/mol. The van der Waals surface area contributed by atoms with E-state index in [0.717, 1.165) is 11.8 Å². The Morgan fingerprint density at radius 1 is 0.900 bits per heavy atom. The van der Waals surface area contributed by atoms with Crippen molar-refractivity contribution in [2.24, 2.45) is 5.41 Å². The molecule has 0 spiro atoms. The van der Waals surface area contributed by atoms with Crippen LogP contribution in [0.1, 0.15) is 37.9 Å². The maximum absolute atomic E-state index is 14.3. The van der Waals surface area contributed by atoms with E-state index in [9.17, 15) is 31.6 Å². The number of benzene rings is 3. The van der Waals surface area contributed by atoms with Gasteiger partial charge in [0.25, 0.3) is 0 Å². The lowest BCUT2D eigenvalue weighted by Gasteiger charge is -2.35. The van der Waals surface area contributed by atoms with E-state index in [1.165, 1.54) is 36.4 Å². The predicted octanol–water partition coefficient (Wildman–Crippen LogP) is 5.62. The minimum Gasteiger partial charge on any atom is -0.339 e. The number of amides is 1. The number of carbonyl (C=O) groups is 1. The first-order chi connectivity index (χ1) is 18.6. The van der Waals surface area contributed by atoms with Gasteiger partial charge in [0.15, 0.2) is 9.84 Å². The van der Waals surface area contributed by atoms with Crippen molar-refractivity contribution in [1.82, 2.24) is 10.6 Å². The van der Waals surface area contributed by atoms with Crippen molar-refractivity contribution in [2.75, 3.05) is 6.26 Å². The Morgan fingerprint density at radius 3 is 1.88 bits per heavy atom. The zero-order valence-corrected chi connectivity index (χ0v) is 23.5. The predicted molar refractivity (Wildman–Crippen MR) is 148 cm³/mol. The Morgan fingerprint density at radius 2 is 1.43 bits per heavy atom. The number of nitrogens with zero attached hydrogens (tertiary/aromatic N) is 1. The third-order valence-electron chi connectivity index (χ3n) is 6.40. The Labute approximate surface area is 233 Å². The number of rotatable bonds is 9. The van der Waals surface area contributed by atoms with E-state index in [1.807, 2.05) is 12.1 Å². The number of hydrogen-bond acceptors (Lipinski definition) is 5. The van der Waals surface area contributed by atoms with Gasteiger partial charge in [0, 0.05) is 12.7 Å². The van der Waals surface area contributed by atoms with Crippen molar-refractivity contribution in [3.8, 4) is 17.2 Å². The van der Waals surface area contributed by atoms with Crippen LogP contribution >= 0.6 is 0 Å².